The molecule has 2 atom stereocenters. The van der Waals surface area contributed by atoms with Gasteiger partial charge in [0.15, 0.2) is 0 Å². The van der Waals surface area contributed by atoms with Gasteiger partial charge in [-0.2, -0.15) is 0 Å². The summed E-state index contributed by atoms with van der Waals surface area (Å²) >= 11 is 0. The van der Waals surface area contributed by atoms with Crippen LogP contribution in [0.5, 0.6) is 0 Å². The molecule has 82 valence electrons. The molecule has 1 fully saturated rings. The lowest BCUT2D eigenvalue weighted by molar-refractivity contribution is -0.124. The van der Waals surface area contributed by atoms with E-state index in [9.17, 15) is 4.79 Å². The van der Waals surface area contributed by atoms with Gasteiger partial charge in [-0.15, -0.1) is 0 Å². The van der Waals surface area contributed by atoms with Gasteiger partial charge in [0.2, 0.25) is 0 Å². The van der Waals surface area contributed by atoms with Crippen molar-refractivity contribution in [2.75, 3.05) is 0 Å². The molecule has 1 saturated carbocycles. The summed E-state index contributed by atoms with van der Waals surface area (Å²) in [5, 5.41) is 0. The Morgan fingerprint density at radius 3 is 2.71 bits per heavy atom. The first-order chi connectivity index (χ1) is 6.77. The maximum atomic E-state index is 11.6. The van der Waals surface area contributed by atoms with Gasteiger partial charge in [0.1, 0.15) is 5.78 Å². The zero-order valence-corrected chi connectivity index (χ0v) is 9.72. The Labute approximate surface area is 88.3 Å². The smallest absolute Gasteiger partial charge is 0.135 e. The van der Waals surface area contributed by atoms with E-state index in [0.717, 1.165) is 18.8 Å². The van der Waals surface area contributed by atoms with E-state index in [0.29, 0.717) is 11.7 Å². The Hall–Kier alpha value is -0.330. The first kappa shape index (κ1) is 11.7. The van der Waals surface area contributed by atoms with E-state index in [1.165, 1.54) is 38.5 Å². The third-order valence-electron chi connectivity index (χ3n) is 3.55. The van der Waals surface area contributed by atoms with Gasteiger partial charge in [0, 0.05) is 12.3 Å². The molecule has 1 heteroatoms. The van der Waals surface area contributed by atoms with Crippen molar-refractivity contribution >= 4 is 5.78 Å². The van der Waals surface area contributed by atoms with E-state index < -0.39 is 0 Å². The highest BCUT2D eigenvalue weighted by atomic mass is 16.1. The third kappa shape index (κ3) is 3.43. The van der Waals surface area contributed by atoms with Crippen molar-refractivity contribution in [2.24, 2.45) is 11.8 Å². The maximum absolute atomic E-state index is 11.6. The van der Waals surface area contributed by atoms with E-state index in [-0.39, 0.29) is 0 Å². The van der Waals surface area contributed by atoms with E-state index in [1.807, 2.05) is 6.92 Å². The summed E-state index contributed by atoms with van der Waals surface area (Å²) in [7, 11) is 0. The zero-order valence-electron chi connectivity index (χ0n) is 9.72. The fraction of sp³-hybridized carbons (Fsp3) is 0.923. The molecule has 0 aromatic rings. The van der Waals surface area contributed by atoms with Crippen molar-refractivity contribution in [3.05, 3.63) is 0 Å². The molecule has 1 aliphatic rings. The summed E-state index contributed by atoms with van der Waals surface area (Å²) in [6.45, 7) is 4.25. The van der Waals surface area contributed by atoms with Gasteiger partial charge >= 0.3 is 0 Å². The number of unbranched alkanes of at least 4 members (excludes halogenated alkanes) is 1. The lowest BCUT2D eigenvalue weighted by Gasteiger charge is -2.28. The first-order valence-corrected chi connectivity index (χ1v) is 6.30. The molecule has 0 N–H and O–H groups in total. The van der Waals surface area contributed by atoms with Gasteiger partial charge in [-0.05, 0) is 18.8 Å². The number of hydrogen-bond acceptors (Lipinski definition) is 1. The van der Waals surface area contributed by atoms with Crippen LogP contribution in [0.2, 0.25) is 0 Å². The highest BCUT2D eigenvalue weighted by Gasteiger charge is 2.25. The van der Waals surface area contributed by atoms with Crippen molar-refractivity contribution < 1.29 is 4.79 Å². The standard InChI is InChI=1S/C13H24O/c1-3-5-7-11-8-6-9-12(10-11)13(14)4-2/h11-12H,3-10H2,1-2H3. The van der Waals surface area contributed by atoms with Gasteiger partial charge in [-0.1, -0.05) is 46.0 Å². The second-order valence-electron chi connectivity index (χ2n) is 4.69. The van der Waals surface area contributed by atoms with Gasteiger partial charge in [-0.25, -0.2) is 0 Å². The van der Waals surface area contributed by atoms with E-state index >= 15 is 0 Å². The van der Waals surface area contributed by atoms with Crippen LogP contribution < -0.4 is 0 Å². The Kier molecular flexibility index (Phi) is 5.21. The number of carbonyl (C=O) groups is 1. The third-order valence-corrected chi connectivity index (χ3v) is 3.55. The van der Waals surface area contributed by atoms with Crippen molar-refractivity contribution in [3.8, 4) is 0 Å². The predicted octanol–water partition coefficient (Wildman–Crippen LogP) is 3.96. The Bertz CT molecular complexity index is 174. The molecule has 2 unspecified atom stereocenters. The molecule has 1 aliphatic carbocycles. The lowest BCUT2D eigenvalue weighted by Crippen LogP contribution is -2.22. The number of Topliss-reactive ketones (excluding diaryl/α,β-unsaturated/α-hetero) is 1. The van der Waals surface area contributed by atoms with Gasteiger partial charge < -0.3 is 0 Å². The molecule has 0 heterocycles. The summed E-state index contributed by atoms with van der Waals surface area (Å²) in [5.74, 6) is 1.77. The molecule has 14 heavy (non-hydrogen) atoms. The monoisotopic (exact) mass is 196 g/mol. The van der Waals surface area contributed by atoms with Crippen LogP contribution in [0.4, 0.5) is 0 Å². The number of ketones is 1. The van der Waals surface area contributed by atoms with Crippen molar-refractivity contribution in [1.82, 2.24) is 0 Å². The summed E-state index contributed by atoms with van der Waals surface area (Å²) in [6, 6.07) is 0. The van der Waals surface area contributed by atoms with Crippen LogP contribution >= 0.6 is 0 Å². The van der Waals surface area contributed by atoms with Crippen LogP contribution in [0.1, 0.15) is 65.2 Å². The second-order valence-corrected chi connectivity index (χ2v) is 4.69. The minimum Gasteiger partial charge on any atom is -0.299 e. The van der Waals surface area contributed by atoms with Crippen LogP contribution in [-0.4, -0.2) is 5.78 Å². The first-order valence-electron chi connectivity index (χ1n) is 6.30. The van der Waals surface area contributed by atoms with Gasteiger partial charge in [0.25, 0.3) is 0 Å². The largest absolute Gasteiger partial charge is 0.299 e. The summed E-state index contributed by atoms with van der Waals surface area (Å²) < 4.78 is 0. The molecule has 0 spiro atoms. The molecule has 0 amide bonds. The summed E-state index contributed by atoms with van der Waals surface area (Å²) in [4.78, 5) is 11.6. The quantitative estimate of drug-likeness (QED) is 0.650. The van der Waals surface area contributed by atoms with Crippen LogP contribution in [0.25, 0.3) is 0 Å². The number of carbonyl (C=O) groups excluding carboxylic acids is 1. The number of hydrogen-bond donors (Lipinski definition) is 0. The minimum atomic E-state index is 0.413. The summed E-state index contributed by atoms with van der Waals surface area (Å²) in [6.07, 6.45) is 9.73. The molecule has 1 nitrogen and oxygen atoms in total. The SMILES string of the molecule is CCCCC1CCCC(C(=O)CC)C1. The highest BCUT2D eigenvalue weighted by molar-refractivity contribution is 5.80. The van der Waals surface area contributed by atoms with Crippen LogP contribution in [0, 0.1) is 11.8 Å². The maximum Gasteiger partial charge on any atom is 0.135 e. The molecule has 0 radical (unpaired) electrons. The highest BCUT2D eigenvalue weighted by Crippen LogP contribution is 2.33. The average Bonchev–Trinajstić information content (AvgIpc) is 2.25. The molecule has 0 aromatic carbocycles. The minimum absolute atomic E-state index is 0.413. The molecule has 0 aliphatic heterocycles. The predicted molar refractivity (Wildman–Crippen MR) is 60.3 cm³/mol. The average molecular weight is 196 g/mol. The molecule has 1 rings (SSSR count). The van der Waals surface area contributed by atoms with Gasteiger partial charge in [-0.3, -0.25) is 4.79 Å². The molecule has 0 saturated heterocycles. The van der Waals surface area contributed by atoms with E-state index in [2.05, 4.69) is 6.92 Å². The summed E-state index contributed by atoms with van der Waals surface area (Å²) in [5.41, 5.74) is 0. The molecular formula is C13H24O. The molecule has 0 bridgehead atoms. The van der Waals surface area contributed by atoms with Crippen molar-refractivity contribution in [3.63, 3.8) is 0 Å². The van der Waals surface area contributed by atoms with Crippen LogP contribution in [-0.2, 0) is 4.79 Å². The van der Waals surface area contributed by atoms with E-state index in [1.54, 1.807) is 0 Å². The molecule has 0 aromatic heterocycles. The zero-order chi connectivity index (χ0) is 10.4. The normalized spacial score (nSPS) is 27.6. The topological polar surface area (TPSA) is 17.1 Å². The molecular weight excluding hydrogens is 172 g/mol. The van der Waals surface area contributed by atoms with E-state index in [4.69, 9.17) is 0 Å². The van der Waals surface area contributed by atoms with Crippen molar-refractivity contribution in [1.29, 1.82) is 0 Å². The van der Waals surface area contributed by atoms with Crippen LogP contribution in [0.3, 0.4) is 0 Å². The van der Waals surface area contributed by atoms with Crippen LogP contribution in [0.15, 0.2) is 0 Å². The fourth-order valence-corrected chi connectivity index (χ4v) is 2.63. The Morgan fingerprint density at radius 2 is 2.07 bits per heavy atom. The number of rotatable bonds is 5. The van der Waals surface area contributed by atoms with Gasteiger partial charge in [0.05, 0.1) is 0 Å². The fourth-order valence-electron chi connectivity index (χ4n) is 2.63. The lowest BCUT2D eigenvalue weighted by atomic mass is 9.77. The second kappa shape index (κ2) is 6.21. The Balaban J connectivity index is 2.31. The van der Waals surface area contributed by atoms with Crippen molar-refractivity contribution in [2.45, 2.75) is 65.2 Å². The Morgan fingerprint density at radius 1 is 1.29 bits per heavy atom.